The van der Waals surface area contributed by atoms with E-state index in [1.165, 1.54) is 12.8 Å². The molecular formula is C13H23N3O2. The molecule has 102 valence electrons. The zero-order chi connectivity index (χ0) is 12.8. The quantitative estimate of drug-likeness (QED) is 0.638. The average molecular weight is 253 g/mol. The Kier molecular flexibility index (Phi) is 4.99. The second kappa shape index (κ2) is 6.73. The van der Waals surface area contributed by atoms with Gasteiger partial charge in [-0.25, -0.2) is 0 Å². The van der Waals surface area contributed by atoms with E-state index in [4.69, 9.17) is 0 Å². The van der Waals surface area contributed by atoms with Gasteiger partial charge in [0.1, 0.15) is 0 Å². The van der Waals surface area contributed by atoms with Crippen LogP contribution < -0.4 is 16.0 Å². The van der Waals surface area contributed by atoms with Gasteiger partial charge in [0.15, 0.2) is 0 Å². The standard InChI is InChI=1S/C13H23N3O2/c17-12(16-10-4-5-10)6-8-15-13(18)9-11-3-1-2-7-14-11/h10-11,14H,1-9H2,(H,15,18)(H,16,17). The average Bonchev–Trinajstić information content (AvgIpc) is 3.14. The highest BCUT2D eigenvalue weighted by atomic mass is 16.2. The van der Waals surface area contributed by atoms with Gasteiger partial charge in [0, 0.05) is 31.5 Å². The maximum Gasteiger partial charge on any atom is 0.221 e. The third-order valence-electron chi connectivity index (χ3n) is 3.46. The lowest BCUT2D eigenvalue weighted by Crippen LogP contribution is -2.39. The van der Waals surface area contributed by atoms with Crippen molar-refractivity contribution in [2.45, 2.75) is 57.0 Å². The van der Waals surface area contributed by atoms with Crippen molar-refractivity contribution < 1.29 is 9.59 Å². The first-order chi connectivity index (χ1) is 8.74. The molecule has 1 atom stereocenters. The molecule has 1 saturated heterocycles. The van der Waals surface area contributed by atoms with Gasteiger partial charge in [-0.3, -0.25) is 9.59 Å². The molecular weight excluding hydrogens is 230 g/mol. The molecule has 1 heterocycles. The molecule has 0 spiro atoms. The Morgan fingerprint density at radius 3 is 2.61 bits per heavy atom. The molecule has 3 N–H and O–H groups in total. The fourth-order valence-corrected chi connectivity index (χ4v) is 2.24. The number of carbonyl (C=O) groups excluding carboxylic acids is 2. The van der Waals surface area contributed by atoms with E-state index in [0.29, 0.717) is 31.5 Å². The summed E-state index contributed by atoms with van der Waals surface area (Å²) in [7, 11) is 0. The fourth-order valence-electron chi connectivity index (χ4n) is 2.24. The van der Waals surface area contributed by atoms with Gasteiger partial charge in [0.25, 0.3) is 0 Å². The molecule has 0 radical (unpaired) electrons. The Morgan fingerprint density at radius 2 is 1.94 bits per heavy atom. The summed E-state index contributed by atoms with van der Waals surface area (Å²) < 4.78 is 0. The lowest BCUT2D eigenvalue weighted by molar-refractivity contribution is -0.122. The molecule has 1 aliphatic carbocycles. The van der Waals surface area contributed by atoms with Crippen molar-refractivity contribution in [3.63, 3.8) is 0 Å². The van der Waals surface area contributed by atoms with Crippen LogP contribution in [-0.2, 0) is 9.59 Å². The maximum atomic E-state index is 11.6. The summed E-state index contributed by atoms with van der Waals surface area (Å²) in [6.45, 7) is 1.46. The van der Waals surface area contributed by atoms with Gasteiger partial charge >= 0.3 is 0 Å². The van der Waals surface area contributed by atoms with E-state index in [1.54, 1.807) is 0 Å². The third-order valence-corrected chi connectivity index (χ3v) is 3.46. The Balaban J connectivity index is 1.52. The van der Waals surface area contributed by atoms with Gasteiger partial charge in [-0.15, -0.1) is 0 Å². The minimum absolute atomic E-state index is 0.0496. The molecule has 18 heavy (non-hydrogen) atoms. The molecule has 2 amide bonds. The van der Waals surface area contributed by atoms with Crippen LogP contribution in [0.25, 0.3) is 0 Å². The molecule has 2 fully saturated rings. The van der Waals surface area contributed by atoms with Gasteiger partial charge in [-0.05, 0) is 32.2 Å². The largest absolute Gasteiger partial charge is 0.356 e. The number of hydrogen-bond acceptors (Lipinski definition) is 3. The number of carbonyl (C=O) groups is 2. The number of amides is 2. The minimum atomic E-state index is 0.0496. The highest BCUT2D eigenvalue weighted by Crippen LogP contribution is 2.18. The first kappa shape index (κ1) is 13.3. The molecule has 2 aliphatic rings. The number of nitrogens with one attached hydrogen (secondary N) is 3. The first-order valence-electron chi connectivity index (χ1n) is 7.03. The van der Waals surface area contributed by atoms with Gasteiger partial charge in [0.05, 0.1) is 0 Å². The van der Waals surface area contributed by atoms with Crippen LogP contribution in [0.2, 0.25) is 0 Å². The van der Waals surface area contributed by atoms with Crippen LogP contribution >= 0.6 is 0 Å². The van der Waals surface area contributed by atoms with Crippen molar-refractivity contribution in [1.82, 2.24) is 16.0 Å². The zero-order valence-corrected chi connectivity index (χ0v) is 10.8. The van der Waals surface area contributed by atoms with Crippen molar-refractivity contribution in [3.8, 4) is 0 Å². The van der Waals surface area contributed by atoms with Crippen LogP contribution in [0.3, 0.4) is 0 Å². The second-order valence-corrected chi connectivity index (χ2v) is 5.29. The number of piperidine rings is 1. The molecule has 1 saturated carbocycles. The van der Waals surface area contributed by atoms with E-state index in [-0.39, 0.29) is 11.8 Å². The van der Waals surface area contributed by atoms with Crippen molar-refractivity contribution in [3.05, 3.63) is 0 Å². The highest BCUT2D eigenvalue weighted by molar-refractivity contribution is 5.79. The smallest absolute Gasteiger partial charge is 0.221 e. The van der Waals surface area contributed by atoms with E-state index < -0.39 is 0 Å². The molecule has 0 aromatic carbocycles. The van der Waals surface area contributed by atoms with Crippen molar-refractivity contribution in [1.29, 1.82) is 0 Å². The summed E-state index contributed by atoms with van der Waals surface area (Å²) in [5, 5.41) is 9.06. The summed E-state index contributed by atoms with van der Waals surface area (Å²) in [4.78, 5) is 23.0. The molecule has 0 aromatic heterocycles. The second-order valence-electron chi connectivity index (χ2n) is 5.29. The summed E-state index contributed by atoms with van der Waals surface area (Å²) in [6.07, 6.45) is 6.62. The molecule has 1 unspecified atom stereocenters. The number of hydrogen-bond donors (Lipinski definition) is 3. The molecule has 2 rings (SSSR count). The number of rotatable bonds is 6. The molecule has 0 bridgehead atoms. The van der Waals surface area contributed by atoms with Gasteiger partial charge in [0.2, 0.25) is 11.8 Å². The lowest BCUT2D eigenvalue weighted by Gasteiger charge is -2.22. The Labute approximate surface area is 108 Å². The van der Waals surface area contributed by atoms with Crippen LogP contribution in [0, 0.1) is 0 Å². The Morgan fingerprint density at radius 1 is 1.11 bits per heavy atom. The van der Waals surface area contributed by atoms with E-state index >= 15 is 0 Å². The summed E-state index contributed by atoms with van der Waals surface area (Å²) >= 11 is 0. The molecule has 1 aliphatic heterocycles. The van der Waals surface area contributed by atoms with E-state index in [0.717, 1.165) is 25.8 Å². The highest BCUT2D eigenvalue weighted by Gasteiger charge is 2.23. The van der Waals surface area contributed by atoms with Crippen LogP contribution in [0.4, 0.5) is 0 Å². The van der Waals surface area contributed by atoms with E-state index in [9.17, 15) is 9.59 Å². The lowest BCUT2D eigenvalue weighted by atomic mass is 10.0. The van der Waals surface area contributed by atoms with Crippen molar-refractivity contribution in [2.75, 3.05) is 13.1 Å². The summed E-state index contributed by atoms with van der Waals surface area (Å²) in [5.41, 5.74) is 0. The SMILES string of the molecule is O=C(CC1CCCCN1)NCCC(=O)NC1CC1. The Bertz CT molecular complexity index is 297. The molecule has 5 nitrogen and oxygen atoms in total. The van der Waals surface area contributed by atoms with E-state index in [1.807, 2.05) is 0 Å². The van der Waals surface area contributed by atoms with Gasteiger partial charge in [-0.1, -0.05) is 6.42 Å². The van der Waals surface area contributed by atoms with Gasteiger partial charge in [-0.2, -0.15) is 0 Å². The zero-order valence-electron chi connectivity index (χ0n) is 10.8. The predicted octanol–water partition coefficient (Wildman–Crippen LogP) is 0.304. The molecule has 0 aromatic rings. The topological polar surface area (TPSA) is 70.2 Å². The molecule has 5 heteroatoms. The third kappa shape index (κ3) is 5.04. The monoisotopic (exact) mass is 253 g/mol. The van der Waals surface area contributed by atoms with Crippen LogP contribution in [0.15, 0.2) is 0 Å². The normalized spacial score (nSPS) is 23.4. The van der Waals surface area contributed by atoms with Crippen molar-refractivity contribution in [2.24, 2.45) is 0 Å². The first-order valence-corrected chi connectivity index (χ1v) is 7.03. The van der Waals surface area contributed by atoms with Crippen LogP contribution in [-0.4, -0.2) is 37.0 Å². The summed E-state index contributed by atoms with van der Waals surface area (Å²) in [6, 6.07) is 0.721. The van der Waals surface area contributed by atoms with E-state index in [2.05, 4.69) is 16.0 Å². The van der Waals surface area contributed by atoms with Crippen LogP contribution in [0.5, 0.6) is 0 Å². The fraction of sp³-hybridized carbons (Fsp3) is 0.846. The maximum absolute atomic E-state index is 11.6. The van der Waals surface area contributed by atoms with Gasteiger partial charge < -0.3 is 16.0 Å². The summed E-state index contributed by atoms with van der Waals surface area (Å²) in [5.74, 6) is 0.0993. The minimum Gasteiger partial charge on any atom is -0.356 e. The van der Waals surface area contributed by atoms with Crippen LogP contribution in [0.1, 0.15) is 44.9 Å². The van der Waals surface area contributed by atoms with Crippen molar-refractivity contribution >= 4 is 11.8 Å². The predicted molar refractivity (Wildman–Crippen MR) is 69.1 cm³/mol. The Hall–Kier alpha value is -1.10.